The van der Waals surface area contributed by atoms with Crippen LogP contribution in [0.2, 0.25) is 0 Å². The van der Waals surface area contributed by atoms with Crippen molar-refractivity contribution in [2.75, 3.05) is 0 Å². The largest absolute Gasteiger partial charge is 0.437 e. The van der Waals surface area contributed by atoms with E-state index < -0.39 is 0 Å². The molecule has 0 atom stereocenters. The molecule has 1 aromatic heterocycles. The minimum absolute atomic E-state index is 0.00604. The average Bonchev–Trinajstić information content (AvgIpc) is 2.39. The van der Waals surface area contributed by atoms with Crippen molar-refractivity contribution >= 4 is 0 Å². The molecule has 4 nitrogen and oxygen atoms in total. The van der Waals surface area contributed by atoms with Gasteiger partial charge in [-0.2, -0.15) is 0 Å². The minimum Gasteiger partial charge on any atom is -0.437 e. The highest BCUT2D eigenvalue weighted by atomic mass is 19.1. The molecule has 0 unspecified atom stereocenters. The number of nitrogens with one attached hydrogen (secondary N) is 1. The summed E-state index contributed by atoms with van der Waals surface area (Å²) < 4.78 is 18.7. The monoisotopic (exact) mass is 289 g/mol. The Morgan fingerprint density at radius 1 is 1.24 bits per heavy atom. The quantitative estimate of drug-likeness (QED) is 0.934. The first-order valence-corrected chi connectivity index (χ1v) is 6.83. The van der Waals surface area contributed by atoms with Crippen LogP contribution in [-0.2, 0) is 6.54 Å². The van der Waals surface area contributed by atoms with E-state index in [0.717, 1.165) is 11.3 Å². The van der Waals surface area contributed by atoms with Crippen LogP contribution < -0.4 is 10.1 Å². The molecule has 0 aliphatic rings. The van der Waals surface area contributed by atoms with Crippen LogP contribution in [0, 0.1) is 12.7 Å². The predicted molar refractivity (Wildman–Crippen MR) is 79.8 cm³/mol. The van der Waals surface area contributed by atoms with Crippen LogP contribution in [0.4, 0.5) is 4.39 Å². The molecule has 0 aliphatic heterocycles. The zero-order chi connectivity index (χ0) is 15.5. The van der Waals surface area contributed by atoms with Crippen molar-refractivity contribution in [2.45, 2.75) is 39.8 Å². The zero-order valence-corrected chi connectivity index (χ0v) is 12.8. The van der Waals surface area contributed by atoms with Crippen molar-refractivity contribution in [3.05, 3.63) is 47.7 Å². The SMILES string of the molecule is Cc1cc(F)ccc1Oc1cncc(CNC(C)(C)C)n1. The van der Waals surface area contributed by atoms with Crippen LogP contribution in [0.25, 0.3) is 0 Å². The maximum atomic E-state index is 13.1. The van der Waals surface area contributed by atoms with Gasteiger partial charge in [0.25, 0.3) is 0 Å². The van der Waals surface area contributed by atoms with Gasteiger partial charge in [-0.05, 0) is 51.5 Å². The molecule has 1 N–H and O–H groups in total. The number of hydrogen-bond donors (Lipinski definition) is 1. The first-order chi connectivity index (χ1) is 9.83. The van der Waals surface area contributed by atoms with E-state index in [2.05, 4.69) is 36.1 Å². The number of benzene rings is 1. The van der Waals surface area contributed by atoms with Crippen LogP contribution in [0.3, 0.4) is 0 Å². The highest BCUT2D eigenvalue weighted by Gasteiger charge is 2.10. The lowest BCUT2D eigenvalue weighted by molar-refractivity contribution is 0.414. The number of aryl methyl sites for hydroxylation is 1. The maximum absolute atomic E-state index is 13.1. The Labute approximate surface area is 124 Å². The highest BCUT2D eigenvalue weighted by molar-refractivity contribution is 5.35. The van der Waals surface area contributed by atoms with Crippen molar-refractivity contribution in [1.82, 2.24) is 15.3 Å². The molecule has 0 fully saturated rings. The second-order valence-electron chi connectivity index (χ2n) is 5.96. The van der Waals surface area contributed by atoms with Gasteiger partial charge >= 0.3 is 0 Å². The summed E-state index contributed by atoms with van der Waals surface area (Å²) in [5.74, 6) is 0.693. The molecule has 0 saturated heterocycles. The molecule has 2 rings (SSSR count). The van der Waals surface area contributed by atoms with Gasteiger partial charge in [-0.1, -0.05) is 0 Å². The summed E-state index contributed by atoms with van der Waals surface area (Å²) in [7, 11) is 0. The Morgan fingerprint density at radius 2 is 2.00 bits per heavy atom. The van der Waals surface area contributed by atoms with Gasteiger partial charge in [0.15, 0.2) is 0 Å². The summed E-state index contributed by atoms with van der Waals surface area (Å²) in [6, 6.07) is 4.38. The highest BCUT2D eigenvalue weighted by Crippen LogP contribution is 2.23. The lowest BCUT2D eigenvalue weighted by atomic mass is 10.1. The molecule has 0 amide bonds. The van der Waals surface area contributed by atoms with Gasteiger partial charge in [0, 0.05) is 18.3 Å². The summed E-state index contributed by atoms with van der Waals surface area (Å²) in [6.07, 6.45) is 3.24. The van der Waals surface area contributed by atoms with Gasteiger partial charge in [0.1, 0.15) is 11.6 Å². The Bertz CT molecular complexity index is 623. The lowest BCUT2D eigenvalue weighted by Crippen LogP contribution is -2.35. The number of hydrogen-bond acceptors (Lipinski definition) is 4. The third-order valence-electron chi connectivity index (χ3n) is 2.81. The summed E-state index contributed by atoms with van der Waals surface area (Å²) in [6.45, 7) is 8.65. The van der Waals surface area contributed by atoms with Gasteiger partial charge in [0.2, 0.25) is 5.88 Å². The van der Waals surface area contributed by atoms with E-state index in [0.29, 0.717) is 18.2 Å². The fourth-order valence-electron chi connectivity index (χ4n) is 1.72. The summed E-state index contributed by atoms with van der Waals surface area (Å²) in [4.78, 5) is 8.52. The van der Waals surface area contributed by atoms with E-state index in [1.54, 1.807) is 25.4 Å². The topological polar surface area (TPSA) is 47.0 Å². The molecule has 112 valence electrons. The third-order valence-corrected chi connectivity index (χ3v) is 2.81. The van der Waals surface area contributed by atoms with E-state index in [-0.39, 0.29) is 11.4 Å². The molecule has 0 radical (unpaired) electrons. The first-order valence-electron chi connectivity index (χ1n) is 6.83. The van der Waals surface area contributed by atoms with Crippen molar-refractivity contribution in [3.8, 4) is 11.6 Å². The molecule has 21 heavy (non-hydrogen) atoms. The van der Waals surface area contributed by atoms with Gasteiger partial charge in [-0.25, -0.2) is 9.37 Å². The van der Waals surface area contributed by atoms with Crippen molar-refractivity contribution in [1.29, 1.82) is 0 Å². The second-order valence-corrected chi connectivity index (χ2v) is 5.96. The van der Waals surface area contributed by atoms with Crippen LogP contribution >= 0.6 is 0 Å². The van der Waals surface area contributed by atoms with Crippen molar-refractivity contribution in [2.24, 2.45) is 0 Å². The lowest BCUT2D eigenvalue weighted by Gasteiger charge is -2.20. The van der Waals surface area contributed by atoms with Gasteiger partial charge in [0.05, 0.1) is 11.9 Å². The molecule has 0 aliphatic carbocycles. The molecule has 1 heterocycles. The summed E-state index contributed by atoms with van der Waals surface area (Å²) in [5.41, 5.74) is 1.52. The maximum Gasteiger partial charge on any atom is 0.238 e. The zero-order valence-electron chi connectivity index (χ0n) is 12.8. The predicted octanol–water partition coefficient (Wildman–Crippen LogP) is 3.60. The summed E-state index contributed by atoms with van der Waals surface area (Å²) >= 11 is 0. The molecule has 0 saturated carbocycles. The number of rotatable bonds is 4. The molecule has 0 spiro atoms. The third kappa shape index (κ3) is 4.79. The molecular weight excluding hydrogens is 269 g/mol. The number of aromatic nitrogens is 2. The van der Waals surface area contributed by atoms with Gasteiger partial charge in [-0.15, -0.1) is 0 Å². The van der Waals surface area contributed by atoms with Crippen LogP contribution in [-0.4, -0.2) is 15.5 Å². The van der Waals surface area contributed by atoms with Gasteiger partial charge < -0.3 is 10.1 Å². The Kier molecular flexibility index (Phi) is 4.53. The van der Waals surface area contributed by atoms with Crippen LogP contribution in [0.5, 0.6) is 11.6 Å². The number of nitrogens with zero attached hydrogens (tertiary/aromatic N) is 2. The number of halogens is 1. The van der Waals surface area contributed by atoms with E-state index in [1.165, 1.54) is 12.1 Å². The van der Waals surface area contributed by atoms with E-state index in [9.17, 15) is 4.39 Å². The second kappa shape index (κ2) is 6.18. The fourth-order valence-corrected chi connectivity index (χ4v) is 1.72. The standard InChI is InChI=1S/C16H20FN3O/c1-11-7-12(17)5-6-14(11)21-15-10-18-8-13(20-15)9-19-16(2,3)4/h5-8,10,19H,9H2,1-4H3. The molecular formula is C16H20FN3O. The Balaban J connectivity index is 2.10. The normalized spacial score (nSPS) is 11.5. The van der Waals surface area contributed by atoms with E-state index in [1.807, 2.05) is 0 Å². The Hall–Kier alpha value is -2.01. The minimum atomic E-state index is -0.283. The van der Waals surface area contributed by atoms with Crippen LogP contribution in [0.1, 0.15) is 32.0 Å². The van der Waals surface area contributed by atoms with Crippen LogP contribution in [0.15, 0.2) is 30.6 Å². The smallest absolute Gasteiger partial charge is 0.238 e. The molecule has 1 aromatic carbocycles. The van der Waals surface area contributed by atoms with Gasteiger partial charge in [-0.3, -0.25) is 4.98 Å². The Morgan fingerprint density at radius 3 is 2.67 bits per heavy atom. The molecule has 5 heteroatoms. The fraction of sp³-hybridized carbons (Fsp3) is 0.375. The molecule has 2 aromatic rings. The first kappa shape index (κ1) is 15.4. The summed E-state index contributed by atoms with van der Waals surface area (Å²) in [5, 5.41) is 3.34. The average molecular weight is 289 g/mol. The number of ether oxygens (including phenoxy) is 1. The van der Waals surface area contributed by atoms with E-state index >= 15 is 0 Å². The van der Waals surface area contributed by atoms with E-state index in [4.69, 9.17) is 4.74 Å². The molecule has 0 bridgehead atoms. The van der Waals surface area contributed by atoms with Crippen molar-refractivity contribution in [3.63, 3.8) is 0 Å². The van der Waals surface area contributed by atoms with Crippen molar-refractivity contribution < 1.29 is 9.13 Å².